The van der Waals surface area contributed by atoms with E-state index in [-0.39, 0.29) is 18.3 Å². The third-order valence-corrected chi connectivity index (χ3v) is 3.65. The second kappa shape index (κ2) is 8.29. The highest BCUT2D eigenvalue weighted by atomic mass is 19.1. The molecule has 5 nitrogen and oxygen atoms in total. The molecule has 0 saturated carbocycles. The van der Waals surface area contributed by atoms with Gasteiger partial charge in [0.1, 0.15) is 22.8 Å². The average Bonchev–Trinajstić information content (AvgIpc) is 2.67. The number of amides is 1. The van der Waals surface area contributed by atoms with Gasteiger partial charge in [0.2, 0.25) is 0 Å². The predicted octanol–water partition coefficient (Wildman–Crippen LogP) is 4.18. The molecule has 0 unspecified atom stereocenters. The summed E-state index contributed by atoms with van der Waals surface area (Å²) in [7, 11) is 0. The normalized spacial score (nSPS) is 10.5. The molecular weight excluding hydrogens is 335 g/mol. The number of hydrogen-bond donors (Lipinski definition) is 1. The highest BCUT2D eigenvalue weighted by molar-refractivity contribution is 6.03. The summed E-state index contributed by atoms with van der Waals surface area (Å²) in [5.41, 5.74) is 1.32. The topological polar surface area (TPSA) is 60.5 Å². The number of fused-ring (bicyclic) bond motifs is 1. The fourth-order valence-electron chi connectivity index (χ4n) is 2.45. The van der Waals surface area contributed by atoms with Crippen LogP contribution in [0, 0.1) is 5.82 Å². The molecule has 0 aliphatic rings. The molecule has 0 spiro atoms. The van der Waals surface area contributed by atoms with Gasteiger partial charge in [0.05, 0.1) is 12.3 Å². The first kappa shape index (κ1) is 17.7. The number of rotatable bonds is 7. The number of nitrogens with one attached hydrogen (secondary N) is 1. The number of carbonyl (C=O) groups excluding carboxylic acids is 1. The third-order valence-electron chi connectivity index (χ3n) is 3.65. The standard InChI is InChI=1S/C20H19FN2O3/c1-2-12-25-18-10-9-17(16-4-3-11-22-20(16)18)23-19(24)13-26-15-7-5-14(21)6-8-15/h3-11H,2,12-13H2,1H3,(H,23,24). The van der Waals surface area contributed by atoms with E-state index in [1.165, 1.54) is 24.3 Å². The Hall–Kier alpha value is -3.15. The first-order chi connectivity index (χ1) is 12.7. The lowest BCUT2D eigenvalue weighted by Gasteiger charge is -2.12. The van der Waals surface area contributed by atoms with Crippen molar-refractivity contribution in [2.24, 2.45) is 0 Å². The first-order valence-corrected chi connectivity index (χ1v) is 8.36. The molecule has 0 fully saturated rings. The van der Waals surface area contributed by atoms with E-state index < -0.39 is 0 Å². The van der Waals surface area contributed by atoms with Gasteiger partial charge in [-0.15, -0.1) is 0 Å². The van der Waals surface area contributed by atoms with E-state index in [9.17, 15) is 9.18 Å². The Morgan fingerprint density at radius 2 is 1.92 bits per heavy atom. The molecule has 1 amide bonds. The molecule has 0 radical (unpaired) electrons. The number of carbonyl (C=O) groups is 1. The Labute approximate surface area is 150 Å². The molecule has 0 aliphatic carbocycles. The minimum absolute atomic E-state index is 0.179. The van der Waals surface area contributed by atoms with Crippen LogP contribution in [0.15, 0.2) is 54.7 Å². The third kappa shape index (κ3) is 4.27. The molecule has 0 saturated heterocycles. The molecule has 6 heteroatoms. The molecule has 26 heavy (non-hydrogen) atoms. The van der Waals surface area contributed by atoms with E-state index in [1.54, 1.807) is 24.4 Å². The smallest absolute Gasteiger partial charge is 0.262 e. The summed E-state index contributed by atoms with van der Waals surface area (Å²) in [6, 6.07) is 12.8. The Kier molecular flexibility index (Phi) is 5.63. The summed E-state index contributed by atoms with van der Waals surface area (Å²) in [5, 5.41) is 3.60. The lowest BCUT2D eigenvalue weighted by Crippen LogP contribution is -2.20. The van der Waals surface area contributed by atoms with Gasteiger partial charge < -0.3 is 14.8 Å². The first-order valence-electron chi connectivity index (χ1n) is 8.36. The molecule has 0 aliphatic heterocycles. The fraction of sp³-hybridized carbons (Fsp3) is 0.200. The number of anilines is 1. The minimum Gasteiger partial charge on any atom is -0.491 e. The number of aromatic nitrogens is 1. The van der Waals surface area contributed by atoms with Gasteiger partial charge in [-0.1, -0.05) is 6.92 Å². The molecule has 1 aromatic heterocycles. The number of pyridine rings is 1. The zero-order valence-electron chi connectivity index (χ0n) is 14.4. The summed E-state index contributed by atoms with van der Waals surface area (Å²) in [6.07, 6.45) is 2.58. The van der Waals surface area contributed by atoms with Crippen LogP contribution in [-0.2, 0) is 4.79 Å². The summed E-state index contributed by atoms with van der Waals surface area (Å²) in [5.74, 6) is 0.437. The van der Waals surface area contributed by atoms with Gasteiger partial charge in [-0.3, -0.25) is 9.78 Å². The lowest BCUT2D eigenvalue weighted by atomic mass is 10.1. The summed E-state index contributed by atoms with van der Waals surface area (Å²) < 4.78 is 24.0. The highest BCUT2D eigenvalue weighted by Crippen LogP contribution is 2.30. The van der Waals surface area contributed by atoms with E-state index in [0.717, 1.165) is 11.8 Å². The Bertz CT molecular complexity index is 897. The van der Waals surface area contributed by atoms with Gasteiger partial charge in [-0.2, -0.15) is 0 Å². The van der Waals surface area contributed by atoms with Gasteiger partial charge in [0.25, 0.3) is 5.91 Å². The molecule has 1 N–H and O–H groups in total. The molecule has 3 aromatic rings. The largest absolute Gasteiger partial charge is 0.491 e. The van der Waals surface area contributed by atoms with E-state index >= 15 is 0 Å². The SMILES string of the molecule is CCCOc1ccc(NC(=O)COc2ccc(F)cc2)c2cccnc12. The fourth-order valence-corrected chi connectivity index (χ4v) is 2.45. The van der Waals surface area contributed by atoms with Crippen LogP contribution in [0.3, 0.4) is 0 Å². The van der Waals surface area contributed by atoms with Crippen molar-refractivity contribution in [1.29, 1.82) is 0 Å². The van der Waals surface area contributed by atoms with Gasteiger partial charge in [0, 0.05) is 11.6 Å². The maximum absolute atomic E-state index is 12.9. The maximum atomic E-state index is 12.9. The molecule has 3 rings (SSSR count). The molecule has 1 heterocycles. The summed E-state index contributed by atoms with van der Waals surface area (Å²) >= 11 is 0. The number of benzene rings is 2. The molecule has 2 aromatic carbocycles. The van der Waals surface area contributed by atoms with Crippen LogP contribution in [0.2, 0.25) is 0 Å². The molecule has 0 bridgehead atoms. The predicted molar refractivity (Wildman–Crippen MR) is 98.1 cm³/mol. The Balaban J connectivity index is 1.71. The maximum Gasteiger partial charge on any atom is 0.262 e. The van der Waals surface area contributed by atoms with Gasteiger partial charge in [0.15, 0.2) is 6.61 Å². The second-order valence-corrected chi connectivity index (χ2v) is 5.65. The van der Waals surface area contributed by atoms with Crippen molar-refractivity contribution in [3.8, 4) is 11.5 Å². The van der Waals surface area contributed by atoms with Crippen LogP contribution in [0.1, 0.15) is 13.3 Å². The summed E-state index contributed by atoms with van der Waals surface area (Å²) in [6.45, 7) is 2.45. The van der Waals surface area contributed by atoms with Crippen LogP contribution in [0.25, 0.3) is 10.9 Å². The number of nitrogens with zero attached hydrogens (tertiary/aromatic N) is 1. The van der Waals surface area contributed by atoms with Crippen LogP contribution in [0.5, 0.6) is 11.5 Å². The second-order valence-electron chi connectivity index (χ2n) is 5.65. The zero-order valence-corrected chi connectivity index (χ0v) is 14.4. The van der Waals surface area contributed by atoms with Crippen molar-refractivity contribution < 1.29 is 18.7 Å². The monoisotopic (exact) mass is 354 g/mol. The van der Waals surface area contributed by atoms with Gasteiger partial charge >= 0.3 is 0 Å². The quantitative estimate of drug-likeness (QED) is 0.691. The minimum atomic E-state index is -0.355. The van der Waals surface area contributed by atoms with E-state index in [2.05, 4.69) is 10.3 Å². The highest BCUT2D eigenvalue weighted by Gasteiger charge is 2.11. The van der Waals surface area contributed by atoms with Crippen LogP contribution >= 0.6 is 0 Å². The van der Waals surface area contributed by atoms with Crippen LogP contribution < -0.4 is 14.8 Å². The average molecular weight is 354 g/mol. The van der Waals surface area contributed by atoms with Crippen molar-refractivity contribution in [2.45, 2.75) is 13.3 Å². The van der Waals surface area contributed by atoms with Gasteiger partial charge in [-0.25, -0.2) is 4.39 Å². The van der Waals surface area contributed by atoms with E-state index in [0.29, 0.717) is 29.3 Å². The van der Waals surface area contributed by atoms with Crippen LogP contribution in [-0.4, -0.2) is 24.1 Å². The van der Waals surface area contributed by atoms with E-state index in [1.807, 2.05) is 13.0 Å². The van der Waals surface area contributed by atoms with Crippen molar-refractivity contribution in [2.75, 3.05) is 18.5 Å². The van der Waals surface area contributed by atoms with Crippen molar-refractivity contribution in [3.05, 3.63) is 60.5 Å². The van der Waals surface area contributed by atoms with Crippen molar-refractivity contribution in [1.82, 2.24) is 4.98 Å². The molecule has 0 atom stereocenters. The number of ether oxygens (including phenoxy) is 2. The molecule has 134 valence electrons. The summed E-state index contributed by atoms with van der Waals surface area (Å²) in [4.78, 5) is 16.6. The van der Waals surface area contributed by atoms with E-state index in [4.69, 9.17) is 9.47 Å². The zero-order chi connectivity index (χ0) is 18.4. The molecular formula is C20H19FN2O3. The number of hydrogen-bond acceptors (Lipinski definition) is 4. The Morgan fingerprint density at radius 3 is 2.69 bits per heavy atom. The van der Waals surface area contributed by atoms with Crippen molar-refractivity contribution in [3.63, 3.8) is 0 Å². The lowest BCUT2D eigenvalue weighted by molar-refractivity contribution is -0.118. The van der Waals surface area contributed by atoms with Crippen LogP contribution in [0.4, 0.5) is 10.1 Å². The Morgan fingerprint density at radius 1 is 1.12 bits per heavy atom. The van der Waals surface area contributed by atoms with Crippen molar-refractivity contribution >= 4 is 22.5 Å². The van der Waals surface area contributed by atoms with Gasteiger partial charge in [-0.05, 0) is 55.0 Å². The number of halogens is 1.